The van der Waals surface area contributed by atoms with Gasteiger partial charge in [0.1, 0.15) is 5.82 Å². The van der Waals surface area contributed by atoms with Crippen molar-refractivity contribution in [3.8, 4) is 0 Å². The van der Waals surface area contributed by atoms with Crippen LogP contribution in [0.1, 0.15) is 24.8 Å². The van der Waals surface area contributed by atoms with Gasteiger partial charge in [0.15, 0.2) is 0 Å². The Morgan fingerprint density at radius 2 is 2.16 bits per heavy atom. The van der Waals surface area contributed by atoms with Crippen molar-refractivity contribution in [1.29, 1.82) is 0 Å². The van der Waals surface area contributed by atoms with Crippen molar-refractivity contribution in [2.45, 2.75) is 25.8 Å². The number of rotatable bonds is 4. The number of nitrogens with one attached hydrogen (secondary N) is 2. The molecular weight excluding hydrogens is 267 g/mol. The fourth-order valence-corrected chi connectivity index (χ4v) is 2.47. The summed E-state index contributed by atoms with van der Waals surface area (Å²) in [7, 11) is 0. The van der Waals surface area contributed by atoms with Crippen LogP contribution in [0.4, 0.5) is 4.39 Å². The fraction of sp³-hybridized carbons (Fsp3) is 0.500. The quantitative estimate of drug-likeness (QED) is 0.892. The Morgan fingerprint density at radius 3 is 2.84 bits per heavy atom. The van der Waals surface area contributed by atoms with Gasteiger partial charge in [-0.3, -0.25) is 4.79 Å². The third-order valence-corrected chi connectivity index (χ3v) is 3.70. The first-order valence-corrected chi connectivity index (χ1v) is 6.94. The third kappa shape index (κ3) is 4.48. The van der Waals surface area contributed by atoms with Gasteiger partial charge in [0.25, 0.3) is 0 Å². The molecule has 0 radical (unpaired) electrons. The Hall–Kier alpha value is -1.13. The van der Waals surface area contributed by atoms with E-state index in [1.54, 1.807) is 12.1 Å². The molecule has 0 bridgehead atoms. The van der Waals surface area contributed by atoms with Gasteiger partial charge in [-0.2, -0.15) is 0 Å². The van der Waals surface area contributed by atoms with Crippen LogP contribution in [0.3, 0.4) is 0 Å². The van der Waals surface area contributed by atoms with Crippen LogP contribution in [-0.2, 0) is 11.3 Å². The molecule has 0 unspecified atom stereocenters. The van der Waals surface area contributed by atoms with E-state index < -0.39 is 5.82 Å². The van der Waals surface area contributed by atoms with Crippen LogP contribution in [0.5, 0.6) is 0 Å². The average molecular weight is 285 g/mol. The molecule has 3 nitrogen and oxygen atoms in total. The smallest absolute Gasteiger partial charge is 0.220 e. The Morgan fingerprint density at radius 1 is 1.42 bits per heavy atom. The summed E-state index contributed by atoms with van der Waals surface area (Å²) in [6, 6.07) is 4.49. The van der Waals surface area contributed by atoms with E-state index in [0.29, 0.717) is 18.9 Å². The molecule has 2 N–H and O–H groups in total. The van der Waals surface area contributed by atoms with E-state index in [0.717, 1.165) is 31.5 Å². The first-order valence-electron chi connectivity index (χ1n) is 6.56. The van der Waals surface area contributed by atoms with Crippen LogP contribution in [-0.4, -0.2) is 19.0 Å². The minimum atomic E-state index is -0.438. The number of carbonyl (C=O) groups excluding carboxylic acids is 1. The lowest BCUT2D eigenvalue weighted by atomic mass is 9.94. The van der Waals surface area contributed by atoms with Crippen molar-refractivity contribution < 1.29 is 9.18 Å². The van der Waals surface area contributed by atoms with E-state index in [9.17, 15) is 9.18 Å². The van der Waals surface area contributed by atoms with Crippen molar-refractivity contribution in [2.24, 2.45) is 5.92 Å². The van der Waals surface area contributed by atoms with Gasteiger partial charge in [-0.15, -0.1) is 0 Å². The molecule has 5 heteroatoms. The SMILES string of the molecule is O=C(CC1CCNCC1)NCc1ccc(F)c(Cl)c1. The van der Waals surface area contributed by atoms with Gasteiger partial charge in [-0.25, -0.2) is 4.39 Å². The molecule has 1 amide bonds. The van der Waals surface area contributed by atoms with Crippen molar-refractivity contribution >= 4 is 17.5 Å². The largest absolute Gasteiger partial charge is 0.352 e. The van der Waals surface area contributed by atoms with E-state index in [1.807, 2.05) is 0 Å². The predicted octanol–water partition coefficient (Wildman–Crippen LogP) is 2.49. The second kappa shape index (κ2) is 6.87. The Labute approximate surface area is 117 Å². The first kappa shape index (κ1) is 14.3. The summed E-state index contributed by atoms with van der Waals surface area (Å²) < 4.78 is 13.0. The molecule has 0 aromatic heterocycles. The third-order valence-electron chi connectivity index (χ3n) is 3.41. The average Bonchev–Trinajstić information content (AvgIpc) is 2.41. The maximum atomic E-state index is 13.0. The monoisotopic (exact) mass is 284 g/mol. The van der Waals surface area contributed by atoms with Crippen LogP contribution < -0.4 is 10.6 Å². The number of halogens is 2. The van der Waals surface area contributed by atoms with Gasteiger partial charge in [-0.1, -0.05) is 17.7 Å². The maximum absolute atomic E-state index is 13.0. The number of piperidine rings is 1. The zero-order valence-electron chi connectivity index (χ0n) is 10.7. The summed E-state index contributed by atoms with van der Waals surface area (Å²) >= 11 is 5.69. The molecule has 0 spiro atoms. The molecule has 1 heterocycles. The molecular formula is C14H18ClFN2O. The van der Waals surface area contributed by atoms with Crippen LogP contribution in [0, 0.1) is 11.7 Å². The Kier molecular flexibility index (Phi) is 5.16. The zero-order valence-corrected chi connectivity index (χ0v) is 11.5. The minimum absolute atomic E-state index is 0.0485. The molecule has 1 aromatic rings. The number of benzene rings is 1. The van der Waals surface area contributed by atoms with Gasteiger partial charge in [-0.05, 0) is 49.5 Å². The van der Waals surface area contributed by atoms with Crippen LogP contribution in [0.15, 0.2) is 18.2 Å². The van der Waals surface area contributed by atoms with E-state index >= 15 is 0 Å². The van der Waals surface area contributed by atoms with Crippen molar-refractivity contribution in [3.05, 3.63) is 34.6 Å². The van der Waals surface area contributed by atoms with Gasteiger partial charge in [0, 0.05) is 13.0 Å². The lowest BCUT2D eigenvalue weighted by Crippen LogP contribution is -2.32. The highest BCUT2D eigenvalue weighted by atomic mass is 35.5. The summed E-state index contributed by atoms with van der Waals surface area (Å²) in [6.45, 7) is 2.38. The summed E-state index contributed by atoms with van der Waals surface area (Å²) in [5.41, 5.74) is 0.810. The molecule has 0 aliphatic carbocycles. The summed E-state index contributed by atoms with van der Waals surface area (Å²) in [5, 5.41) is 6.22. The second-order valence-electron chi connectivity index (χ2n) is 4.92. The molecule has 1 aliphatic rings. The molecule has 2 rings (SSSR count). The number of amides is 1. The standard InChI is InChI=1S/C14H18ClFN2O/c15-12-7-11(1-2-13(12)16)9-18-14(19)8-10-3-5-17-6-4-10/h1-2,7,10,17H,3-6,8-9H2,(H,18,19). The zero-order chi connectivity index (χ0) is 13.7. The second-order valence-corrected chi connectivity index (χ2v) is 5.33. The number of hydrogen-bond donors (Lipinski definition) is 2. The summed E-state index contributed by atoms with van der Waals surface area (Å²) in [4.78, 5) is 11.8. The van der Waals surface area contributed by atoms with E-state index in [-0.39, 0.29) is 10.9 Å². The highest BCUT2D eigenvalue weighted by Gasteiger charge is 2.16. The molecule has 1 aliphatic heterocycles. The summed E-state index contributed by atoms with van der Waals surface area (Å²) in [5.74, 6) is 0.0804. The highest BCUT2D eigenvalue weighted by molar-refractivity contribution is 6.30. The van der Waals surface area contributed by atoms with Crippen LogP contribution in [0.2, 0.25) is 5.02 Å². The molecule has 1 aromatic carbocycles. The molecule has 19 heavy (non-hydrogen) atoms. The molecule has 104 valence electrons. The van der Waals surface area contributed by atoms with Gasteiger partial charge in [0.2, 0.25) is 5.91 Å². The first-order chi connectivity index (χ1) is 9.15. The Bertz CT molecular complexity index is 447. The summed E-state index contributed by atoms with van der Waals surface area (Å²) in [6.07, 6.45) is 2.67. The number of hydrogen-bond acceptors (Lipinski definition) is 2. The Balaban J connectivity index is 1.77. The van der Waals surface area contributed by atoms with Gasteiger partial charge in [0.05, 0.1) is 5.02 Å². The van der Waals surface area contributed by atoms with E-state index in [2.05, 4.69) is 10.6 Å². The normalized spacial score (nSPS) is 16.3. The van der Waals surface area contributed by atoms with E-state index in [4.69, 9.17) is 11.6 Å². The molecule has 0 atom stereocenters. The topological polar surface area (TPSA) is 41.1 Å². The fourth-order valence-electron chi connectivity index (χ4n) is 2.27. The molecule has 1 saturated heterocycles. The lowest BCUT2D eigenvalue weighted by molar-refractivity contribution is -0.122. The van der Waals surface area contributed by atoms with E-state index in [1.165, 1.54) is 6.07 Å². The van der Waals surface area contributed by atoms with Gasteiger partial charge >= 0.3 is 0 Å². The van der Waals surface area contributed by atoms with Crippen molar-refractivity contribution in [2.75, 3.05) is 13.1 Å². The lowest BCUT2D eigenvalue weighted by Gasteiger charge is -2.21. The maximum Gasteiger partial charge on any atom is 0.220 e. The number of carbonyl (C=O) groups is 1. The van der Waals surface area contributed by atoms with Crippen LogP contribution >= 0.6 is 11.6 Å². The minimum Gasteiger partial charge on any atom is -0.352 e. The van der Waals surface area contributed by atoms with Crippen molar-refractivity contribution in [3.63, 3.8) is 0 Å². The van der Waals surface area contributed by atoms with Gasteiger partial charge < -0.3 is 10.6 Å². The van der Waals surface area contributed by atoms with Crippen molar-refractivity contribution in [1.82, 2.24) is 10.6 Å². The highest BCUT2D eigenvalue weighted by Crippen LogP contribution is 2.17. The predicted molar refractivity (Wildman–Crippen MR) is 73.5 cm³/mol. The molecule has 1 fully saturated rings. The molecule has 0 saturated carbocycles. The van der Waals surface area contributed by atoms with Crippen LogP contribution in [0.25, 0.3) is 0 Å².